The maximum atomic E-state index is 11.0. The van der Waals surface area contributed by atoms with Gasteiger partial charge in [0.25, 0.3) is 0 Å². The van der Waals surface area contributed by atoms with Gasteiger partial charge in [-0.05, 0) is 66.1 Å². The molecular weight excluding hydrogens is 432 g/mol. The predicted molar refractivity (Wildman–Crippen MR) is 139 cm³/mol. The van der Waals surface area contributed by atoms with Crippen LogP contribution in [0.15, 0.2) is 71.4 Å². The Bertz CT molecular complexity index is 962. The number of carbonyl (C=O) groups is 1. The van der Waals surface area contributed by atoms with Crippen molar-refractivity contribution in [1.82, 2.24) is 10.4 Å². The molecule has 174 valence electrons. The lowest BCUT2D eigenvalue weighted by atomic mass is 9.91. The summed E-state index contributed by atoms with van der Waals surface area (Å²) in [5, 5.41) is 8.95. The molecule has 1 unspecified atom stereocenters. The molecule has 1 aliphatic heterocycles. The van der Waals surface area contributed by atoms with Crippen LogP contribution in [-0.2, 0) is 9.53 Å². The van der Waals surface area contributed by atoms with E-state index < -0.39 is 0 Å². The lowest BCUT2D eigenvalue weighted by molar-refractivity contribution is -0.105. The standard InChI is InChI=1S/C19H21N3O2S.C5H5N.C2H6/c1-24-19(12-16-3-2-10-25-16)17-11-15(4-5-18(17)20-13-23)14-6-8-21-22-9-7-14;1-2-4-6-5-3-1;1-2/h2-5,8,10-14,22H,6-7,9H2,1H3,(H,20,23);1-5H;1-2H3/b19-12-;;. The van der Waals surface area contributed by atoms with Gasteiger partial charge in [-0.2, -0.15) is 5.10 Å². The minimum atomic E-state index is 0.391. The fourth-order valence-corrected chi connectivity index (χ4v) is 3.89. The van der Waals surface area contributed by atoms with E-state index in [1.54, 1.807) is 30.8 Å². The van der Waals surface area contributed by atoms with E-state index in [1.807, 2.05) is 67.9 Å². The summed E-state index contributed by atoms with van der Waals surface area (Å²) in [4.78, 5) is 15.9. The summed E-state index contributed by atoms with van der Waals surface area (Å²) in [7, 11) is 1.65. The van der Waals surface area contributed by atoms with E-state index in [1.165, 1.54) is 5.56 Å². The second kappa shape index (κ2) is 15.4. The lowest BCUT2D eigenvalue weighted by Gasteiger charge is -2.18. The third-order valence-electron chi connectivity index (χ3n) is 4.77. The number of rotatable bonds is 6. The van der Waals surface area contributed by atoms with Crippen molar-refractivity contribution in [3.8, 4) is 0 Å². The van der Waals surface area contributed by atoms with Crippen LogP contribution in [0.25, 0.3) is 11.8 Å². The highest BCUT2D eigenvalue weighted by atomic mass is 32.1. The zero-order valence-electron chi connectivity index (χ0n) is 19.4. The Balaban J connectivity index is 0.000000411. The maximum Gasteiger partial charge on any atom is 0.211 e. The van der Waals surface area contributed by atoms with E-state index in [9.17, 15) is 4.79 Å². The molecule has 0 aliphatic carbocycles. The molecule has 1 amide bonds. The van der Waals surface area contributed by atoms with E-state index in [2.05, 4.69) is 33.0 Å². The fourth-order valence-electron chi connectivity index (χ4n) is 3.24. The topological polar surface area (TPSA) is 75.6 Å². The Morgan fingerprint density at radius 2 is 2.00 bits per heavy atom. The van der Waals surface area contributed by atoms with Gasteiger partial charge in [0.05, 0.1) is 12.8 Å². The molecule has 3 heterocycles. The van der Waals surface area contributed by atoms with Gasteiger partial charge >= 0.3 is 0 Å². The fraction of sp³-hybridized carbons (Fsp3) is 0.269. The average Bonchev–Trinajstić information content (AvgIpc) is 3.25. The molecule has 7 heteroatoms. The molecule has 4 rings (SSSR count). The molecule has 3 aromatic rings. The first-order valence-electron chi connectivity index (χ1n) is 11.0. The van der Waals surface area contributed by atoms with Gasteiger partial charge in [-0.1, -0.05) is 32.0 Å². The number of benzene rings is 1. The van der Waals surface area contributed by atoms with Crippen molar-refractivity contribution in [2.45, 2.75) is 32.6 Å². The van der Waals surface area contributed by atoms with Gasteiger partial charge in [-0.3, -0.25) is 9.78 Å². The van der Waals surface area contributed by atoms with Crippen LogP contribution in [-0.4, -0.2) is 31.3 Å². The molecule has 2 N–H and O–H groups in total. The Labute approximate surface area is 200 Å². The van der Waals surface area contributed by atoms with Crippen molar-refractivity contribution >= 4 is 41.5 Å². The maximum absolute atomic E-state index is 11.0. The van der Waals surface area contributed by atoms with E-state index in [4.69, 9.17) is 4.74 Å². The number of nitrogens with one attached hydrogen (secondary N) is 2. The number of nitrogens with zero attached hydrogens (tertiary/aromatic N) is 2. The molecule has 1 atom stereocenters. The van der Waals surface area contributed by atoms with Gasteiger partial charge in [0.1, 0.15) is 5.76 Å². The number of amides is 1. The SMILES string of the molecule is CC.CO/C(=C\c1cccs1)c1cc(C2CC=NNCC2)ccc1NC=O.c1ccncc1. The van der Waals surface area contributed by atoms with Gasteiger partial charge < -0.3 is 15.5 Å². The average molecular weight is 465 g/mol. The van der Waals surface area contributed by atoms with Crippen LogP contribution in [0, 0.1) is 0 Å². The summed E-state index contributed by atoms with van der Waals surface area (Å²) in [6.45, 7) is 4.85. The van der Waals surface area contributed by atoms with Crippen LogP contribution in [0.5, 0.6) is 0 Å². The number of hydrazone groups is 1. The van der Waals surface area contributed by atoms with Crippen molar-refractivity contribution in [2.75, 3.05) is 19.0 Å². The highest BCUT2D eigenvalue weighted by Gasteiger charge is 2.16. The lowest BCUT2D eigenvalue weighted by Crippen LogP contribution is -2.08. The Morgan fingerprint density at radius 3 is 2.61 bits per heavy atom. The number of hydrogen-bond donors (Lipinski definition) is 2. The highest BCUT2D eigenvalue weighted by Crippen LogP contribution is 2.32. The minimum absolute atomic E-state index is 0.391. The Morgan fingerprint density at radius 1 is 1.18 bits per heavy atom. The van der Waals surface area contributed by atoms with Gasteiger partial charge in [0, 0.05) is 35.6 Å². The van der Waals surface area contributed by atoms with E-state index in [-0.39, 0.29) is 0 Å². The quantitative estimate of drug-likeness (QED) is 0.345. The molecule has 6 nitrogen and oxygen atoms in total. The number of pyridine rings is 1. The summed E-state index contributed by atoms with van der Waals surface area (Å²) in [6, 6.07) is 15.9. The minimum Gasteiger partial charge on any atom is -0.496 e. The molecule has 0 bridgehead atoms. The summed E-state index contributed by atoms with van der Waals surface area (Å²) in [6.07, 6.45) is 10.0. The second-order valence-electron chi connectivity index (χ2n) is 6.76. The summed E-state index contributed by atoms with van der Waals surface area (Å²) in [5.41, 5.74) is 5.87. The van der Waals surface area contributed by atoms with Crippen LogP contribution in [0.1, 0.15) is 48.6 Å². The number of carbonyl (C=O) groups excluding carboxylic acids is 1. The molecule has 0 saturated carbocycles. The first kappa shape index (κ1) is 25.8. The molecule has 0 spiro atoms. The van der Waals surface area contributed by atoms with Crippen LogP contribution < -0.4 is 10.7 Å². The molecule has 0 radical (unpaired) electrons. The molecule has 1 aromatic carbocycles. The number of methoxy groups -OCH3 is 1. The van der Waals surface area contributed by atoms with Crippen LogP contribution in [0.3, 0.4) is 0 Å². The van der Waals surface area contributed by atoms with Gasteiger partial charge in [0.15, 0.2) is 0 Å². The van der Waals surface area contributed by atoms with Crippen molar-refractivity contribution in [3.05, 3.63) is 82.3 Å². The third-order valence-corrected chi connectivity index (χ3v) is 5.59. The van der Waals surface area contributed by atoms with E-state index >= 15 is 0 Å². The third kappa shape index (κ3) is 8.54. The summed E-state index contributed by atoms with van der Waals surface area (Å²) in [5.74, 6) is 1.12. The molecular formula is C26H32N4O2S. The van der Waals surface area contributed by atoms with E-state index in [0.717, 1.165) is 41.3 Å². The summed E-state index contributed by atoms with van der Waals surface area (Å²) >= 11 is 1.64. The van der Waals surface area contributed by atoms with Crippen LogP contribution in [0.2, 0.25) is 0 Å². The Kier molecular flexibility index (Phi) is 12.0. The highest BCUT2D eigenvalue weighted by molar-refractivity contribution is 7.10. The van der Waals surface area contributed by atoms with E-state index in [0.29, 0.717) is 12.3 Å². The first-order valence-corrected chi connectivity index (χ1v) is 11.9. The Hall–Kier alpha value is -3.45. The number of ether oxygens (including phenoxy) is 1. The van der Waals surface area contributed by atoms with Crippen molar-refractivity contribution in [1.29, 1.82) is 0 Å². The zero-order valence-corrected chi connectivity index (χ0v) is 20.2. The second-order valence-corrected chi connectivity index (χ2v) is 7.74. The molecule has 2 aromatic heterocycles. The molecule has 1 aliphatic rings. The number of aromatic nitrogens is 1. The van der Waals surface area contributed by atoms with Crippen molar-refractivity contribution in [2.24, 2.45) is 5.10 Å². The largest absolute Gasteiger partial charge is 0.496 e. The van der Waals surface area contributed by atoms with Gasteiger partial charge in [-0.15, -0.1) is 11.3 Å². The summed E-state index contributed by atoms with van der Waals surface area (Å²) < 4.78 is 5.64. The predicted octanol–water partition coefficient (Wildman–Crippen LogP) is 6.02. The number of anilines is 1. The molecule has 33 heavy (non-hydrogen) atoms. The first-order chi connectivity index (χ1) is 16.3. The molecule has 0 fully saturated rings. The number of thiophene rings is 1. The molecule has 0 saturated heterocycles. The van der Waals surface area contributed by atoms with Crippen LogP contribution in [0.4, 0.5) is 5.69 Å². The van der Waals surface area contributed by atoms with Gasteiger partial charge in [0.2, 0.25) is 6.41 Å². The van der Waals surface area contributed by atoms with Crippen molar-refractivity contribution < 1.29 is 9.53 Å². The smallest absolute Gasteiger partial charge is 0.211 e. The van der Waals surface area contributed by atoms with Crippen LogP contribution >= 0.6 is 11.3 Å². The van der Waals surface area contributed by atoms with Gasteiger partial charge in [-0.25, -0.2) is 0 Å². The number of hydrogen-bond acceptors (Lipinski definition) is 6. The monoisotopic (exact) mass is 464 g/mol. The zero-order chi connectivity index (χ0) is 23.7. The van der Waals surface area contributed by atoms with Crippen molar-refractivity contribution in [3.63, 3.8) is 0 Å². The normalized spacial score (nSPS) is 14.9.